The molecule has 2 aromatic heterocycles. The van der Waals surface area contributed by atoms with E-state index in [4.69, 9.17) is 9.97 Å². The highest BCUT2D eigenvalue weighted by molar-refractivity contribution is 7.98. The molecule has 1 saturated heterocycles. The quantitative estimate of drug-likeness (QED) is 0.375. The van der Waals surface area contributed by atoms with Gasteiger partial charge in [-0.1, -0.05) is 36.9 Å². The second kappa shape index (κ2) is 11.3. The minimum atomic E-state index is -0.0990. The van der Waals surface area contributed by atoms with E-state index in [-0.39, 0.29) is 5.91 Å². The number of rotatable bonds is 8. The monoisotopic (exact) mass is 461 g/mol. The maximum absolute atomic E-state index is 12.6. The molecule has 6 nitrogen and oxygen atoms in total. The molecule has 0 saturated carbocycles. The predicted molar refractivity (Wildman–Crippen MR) is 133 cm³/mol. The van der Waals surface area contributed by atoms with Gasteiger partial charge in [0.15, 0.2) is 5.16 Å². The first-order chi connectivity index (χ1) is 16.1. The number of carbonyl (C=O) groups is 1. The normalized spacial score (nSPS) is 15.9. The largest absolute Gasteiger partial charge is 0.354 e. The van der Waals surface area contributed by atoms with Crippen molar-refractivity contribution in [1.82, 2.24) is 20.3 Å². The molecule has 1 aliphatic rings. The Morgan fingerprint density at radius 3 is 2.82 bits per heavy atom. The Hall–Kier alpha value is -2.93. The number of pyridine rings is 1. The Morgan fingerprint density at radius 2 is 2.03 bits per heavy atom. The lowest BCUT2D eigenvalue weighted by molar-refractivity contribution is 0.0950. The summed E-state index contributed by atoms with van der Waals surface area (Å²) in [4.78, 5) is 28.9. The molecule has 1 amide bonds. The first kappa shape index (κ1) is 23.2. The minimum absolute atomic E-state index is 0.0990. The van der Waals surface area contributed by atoms with Gasteiger partial charge in [-0.2, -0.15) is 0 Å². The Bertz CT molecular complexity index is 1080. The summed E-state index contributed by atoms with van der Waals surface area (Å²) in [7, 11) is 0. The lowest BCUT2D eigenvalue weighted by atomic mass is 10.0. The second-order valence-electron chi connectivity index (χ2n) is 8.38. The zero-order valence-electron chi connectivity index (χ0n) is 19.3. The van der Waals surface area contributed by atoms with Crippen LogP contribution in [0, 0.1) is 0 Å². The fourth-order valence-electron chi connectivity index (χ4n) is 4.02. The van der Waals surface area contributed by atoms with Crippen molar-refractivity contribution < 1.29 is 4.79 Å². The van der Waals surface area contributed by atoms with Crippen LogP contribution in [0.5, 0.6) is 0 Å². The van der Waals surface area contributed by atoms with Crippen LogP contribution in [0.25, 0.3) is 0 Å². The number of anilines is 1. The van der Waals surface area contributed by atoms with Crippen LogP contribution >= 0.6 is 11.8 Å². The summed E-state index contributed by atoms with van der Waals surface area (Å²) >= 11 is 1.62. The van der Waals surface area contributed by atoms with Crippen molar-refractivity contribution in [1.29, 1.82) is 0 Å². The fourth-order valence-corrected chi connectivity index (χ4v) is 4.83. The summed E-state index contributed by atoms with van der Waals surface area (Å²) < 4.78 is 0. The van der Waals surface area contributed by atoms with Gasteiger partial charge in [0.25, 0.3) is 5.91 Å². The molecule has 7 heteroatoms. The summed E-state index contributed by atoms with van der Waals surface area (Å²) in [6, 6.07) is 16.1. The van der Waals surface area contributed by atoms with Crippen molar-refractivity contribution in [2.75, 3.05) is 11.4 Å². The first-order valence-corrected chi connectivity index (χ1v) is 12.7. The Kier molecular flexibility index (Phi) is 7.94. The molecule has 0 radical (unpaired) electrons. The van der Waals surface area contributed by atoms with Crippen LogP contribution in [-0.2, 0) is 18.7 Å². The van der Waals surface area contributed by atoms with Gasteiger partial charge in [0.2, 0.25) is 0 Å². The molecular weight excluding hydrogens is 430 g/mol. The standard InChI is InChI=1S/C26H31N5OS/c1-3-22-16-24(31-14-7-5-9-19(31)2)30-26(29-22)33-18-20-10-8-11-21(15-20)25(32)28-17-23-12-4-6-13-27-23/h4,6,8,10-13,15-16,19H,3,5,7,9,14,17-18H2,1-2H3,(H,28,32)/t19-/m1/s1. The van der Waals surface area contributed by atoms with E-state index in [1.54, 1.807) is 18.0 Å². The summed E-state index contributed by atoms with van der Waals surface area (Å²) in [6.45, 7) is 5.88. The molecule has 33 heavy (non-hydrogen) atoms. The van der Waals surface area contributed by atoms with Crippen LogP contribution in [0.15, 0.2) is 59.9 Å². The van der Waals surface area contributed by atoms with Gasteiger partial charge in [-0.15, -0.1) is 0 Å². The van der Waals surface area contributed by atoms with E-state index in [0.717, 1.165) is 40.9 Å². The first-order valence-electron chi connectivity index (χ1n) is 11.7. The van der Waals surface area contributed by atoms with Crippen molar-refractivity contribution >= 4 is 23.5 Å². The summed E-state index contributed by atoms with van der Waals surface area (Å²) in [6.07, 6.45) is 6.33. The van der Waals surface area contributed by atoms with Gasteiger partial charge in [0.1, 0.15) is 5.82 Å². The molecule has 1 atom stereocenters. The number of amides is 1. The predicted octanol–water partition coefficient (Wildman–Crippen LogP) is 5.04. The maximum Gasteiger partial charge on any atom is 0.251 e. The lowest BCUT2D eigenvalue weighted by Gasteiger charge is -2.34. The summed E-state index contributed by atoms with van der Waals surface area (Å²) in [5, 5.41) is 3.74. The number of hydrogen-bond donors (Lipinski definition) is 1. The highest BCUT2D eigenvalue weighted by Crippen LogP contribution is 2.27. The molecule has 0 aliphatic carbocycles. The summed E-state index contributed by atoms with van der Waals surface area (Å²) in [5.41, 5.74) is 3.63. The molecule has 172 valence electrons. The Labute approximate surface area is 200 Å². The highest BCUT2D eigenvalue weighted by atomic mass is 32.2. The van der Waals surface area contributed by atoms with Crippen LogP contribution in [0.4, 0.5) is 5.82 Å². The average Bonchev–Trinajstić information content (AvgIpc) is 2.87. The number of aryl methyl sites for hydroxylation is 1. The van der Waals surface area contributed by atoms with E-state index in [2.05, 4.69) is 35.1 Å². The lowest BCUT2D eigenvalue weighted by Crippen LogP contribution is -2.38. The fraction of sp³-hybridized carbons (Fsp3) is 0.385. The SMILES string of the molecule is CCc1cc(N2CCCC[C@H]2C)nc(SCc2cccc(C(=O)NCc3ccccn3)c2)n1. The summed E-state index contributed by atoms with van der Waals surface area (Å²) in [5.74, 6) is 1.65. The van der Waals surface area contributed by atoms with Crippen molar-refractivity contribution in [3.63, 3.8) is 0 Å². The van der Waals surface area contributed by atoms with Crippen LogP contribution in [0.3, 0.4) is 0 Å². The number of nitrogens with zero attached hydrogens (tertiary/aromatic N) is 4. The second-order valence-corrected chi connectivity index (χ2v) is 9.33. The van der Waals surface area contributed by atoms with Crippen molar-refractivity contribution in [2.45, 2.75) is 63.0 Å². The van der Waals surface area contributed by atoms with Gasteiger partial charge in [-0.3, -0.25) is 9.78 Å². The smallest absolute Gasteiger partial charge is 0.251 e. The third-order valence-corrected chi connectivity index (χ3v) is 6.84. The molecule has 1 aromatic carbocycles. The van der Waals surface area contributed by atoms with Gasteiger partial charge in [-0.25, -0.2) is 9.97 Å². The molecule has 4 rings (SSSR count). The molecule has 1 fully saturated rings. The molecule has 1 aliphatic heterocycles. The third kappa shape index (κ3) is 6.32. The van der Waals surface area contributed by atoms with Crippen LogP contribution in [-0.4, -0.2) is 33.4 Å². The highest BCUT2D eigenvalue weighted by Gasteiger charge is 2.21. The average molecular weight is 462 g/mol. The number of thioether (sulfide) groups is 1. The van der Waals surface area contributed by atoms with Crippen molar-refractivity contribution in [3.05, 3.63) is 77.2 Å². The molecule has 0 bridgehead atoms. The molecular formula is C26H31N5OS. The molecule has 0 unspecified atom stereocenters. The minimum Gasteiger partial charge on any atom is -0.354 e. The van der Waals surface area contributed by atoms with E-state index in [1.165, 1.54) is 19.3 Å². The van der Waals surface area contributed by atoms with Gasteiger partial charge in [0.05, 0.1) is 12.2 Å². The van der Waals surface area contributed by atoms with E-state index < -0.39 is 0 Å². The van der Waals surface area contributed by atoms with Gasteiger partial charge in [0, 0.05) is 41.9 Å². The van der Waals surface area contributed by atoms with E-state index >= 15 is 0 Å². The van der Waals surface area contributed by atoms with Gasteiger partial charge in [-0.05, 0) is 62.4 Å². The number of piperidine rings is 1. The number of aromatic nitrogens is 3. The third-order valence-electron chi connectivity index (χ3n) is 5.92. The molecule has 3 heterocycles. The Morgan fingerprint density at radius 1 is 1.12 bits per heavy atom. The number of hydrogen-bond acceptors (Lipinski definition) is 6. The number of carbonyl (C=O) groups excluding carboxylic acids is 1. The molecule has 3 aromatic rings. The van der Waals surface area contributed by atoms with Crippen LogP contribution in [0.1, 0.15) is 60.4 Å². The number of nitrogens with one attached hydrogen (secondary N) is 1. The molecule has 0 spiro atoms. The van der Waals surface area contributed by atoms with Crippen LogP contribution in [0.2, 0.25) is 0 Å². The van der Waals surface area contributed by atoms with Crippen LogP contribution < -0.4 is 10.2 Å². The zero-order valence-corrected chi connectivity index (χ0v) is 20.1. The number of benzene rings is 1. The maximum atomic E-state index is 12.6. The van der Waals surface area contributed by atoms with E-state index in [9.17, 15) is 4.79 Å². The molecule has 1 N–H and O–H groups in total. The van der Waals surface area contributed by atoms with Crippen molar-refractivity contribution in [3.8, 4) is 0 Å². The Balaban J connectivity index is 1.41. The van der Waals surface area contributed by atoms with Gasteiger partial charge < -0.3 is 10.2 Å². The van der Waals surface area contributed by atoms with E-state index in [1.807, 2.05) is 42.5 Å². The zero-order chi connectivity index (χ0) is 23.0. The van der Waals surface area contributed by atoms with Gasteiger partial charge >= 0.3 is 0 Å². The topological polar surface area (TPSA) is 71.0 Å². The van der Waals surface area contributed by atoms with Crippen molar-refractivity contribution in [2.24, 2.45) is 0 Å². The van der Waals surface area contributed by atoms with E-state index in [0.29, 0.717) is 23.9 Å².